The second-order valence-electron chi connectivity index (χ2n) is 3.86. The molecule has 0 aliphatic carbocycles. The maximum Gasteiger partial charge on any atom is 0.252 e. The summed E-state index contributed by atoms with van der Waals surface area (Å²) in [6, 6.07) is 0. The lowest BCUT2D eigenvalue weighted by Gasteiger charge is -2.14. The van der Waals surface area contributed by atoms with Crippen molar-refractivity contribution in [2.24, 2.45) is 4.99 Å². The van der Waals surface area contributed by atoms with Crippen LogP contribution in [0.3, 0.4) is 0 Å². The van der Waals surface area contributed by atoms with Gasteiger partial charge in [0.1, 0.15) is 17.5 Å². The molecule has 1 heterocycles. The minimum absolute atomic E-state index is 0.0503. The van der Waals surface area contributed by atoms with E-state index in [9.17, 15) is 4.79 Å². The lowest BCUT2D eigenvalue weighted by atomic mass is 10.1. The SMILES string of the molecule is CCOC(CC)C1=NC(C)(C)C(=O)N1. The smallest absolute Gasteiger partial charge is 0.252 e. The topological polar surface area (TPSA) is 50.7 Å². The largest absolute Gasteiger partial charge is 0.371 e. The Morgan fingerprint density at radius 2 is 2.14 bits per heavy atom. The average molecular weight is 198 g/mol. The van der Waals surface area contributed by atoms with Crippen LogP contribution in [0.15, 0.2) is 4.99 Å². The molecule has 4 nitrogen and oxygen atoms in total. The lowest BCUT2D eigenvalue weighted by molar-refractivity contribution is -0.122. The highest BCUT2D eigenvalue weighted by Crippen LogP contribution is 2.17. The van der Waals surface area contributed by atoms with Gasteiger partial charge in [0.05, 0.1) is 0 Å². The monoisotopic (exact) mass is 198 g/mol. The molecule has 0 fully saturated rings. The molecule has 0 bridgehead atoms. The van der Waals surface area contributed by atoms with Crippen molar-refractivity contribution >= 4 is 11.7 Å². The van der Waals surface area contributed by atoms with Crippen LogP contribution >= 0.6 is 0 Å². The van der Waals surface area contributed by atoms with Gasteiger partial charge >= 0.3 is 0 Å². The molecule has 1 rings (SSSR count). The highest BCUT2D eigenvalue weighted by Gasteiger charge is 2.36. The van der Waals surface area contributed by atoms with Gasteiger partial charge in [0.2, 0.25) is 0 Å². The summed E-state index contributed by atoms with van der Waals surface area (Å²) in [7, 11) is 0. The van der Waals surface area contributed by atoms with Gasteiger partial charge in [-0.15, -0.1) is 0 Å². The predicted octanol–water partition coefficient (Wildman–Crippen LogP) is 1.11. The minimum atomic E-state index is -0.639. The van der Waals surface area contributed by atoms with Gasteiger partial charge in [0, 0.05) is 6.61 Å². The second kappa shape index (κ2) is 4.09. The Kier molecular flexibility index (Phi) is 3.26. The average Bonchev–Trinajstić information content (AvgIpc) is 2.37. The molecule has 0 saturated carbocycles. The zero-order valence-corrected chi connectivity index (χ0v) is 9.26. The first-order chi connectivity index (χ1) is 6.51. The molecular weight excluding hydrogens is 180 g/mol. The Balaban J connectivity index is 2.74. The molecule has 1 N–H and O–H groups in total. The Bertz CT molecular complexity index is 259. The van der Waals surface area contributed by atoms with Crippen molar-refractivity contribution in [1.29, 1.82) is 0 Å². The van der Waals surface area contributed by atoms with E-state index in [0.717, 1.165) is 6.42 Å². The number of rotatable bonds is 4. The fourth-order valence-electron chi connectivity index (χ4n) is 1.39. The van der Waals surface area contributed by atoms with E-state index in [1.54, 1.807) is 13.8 Å². The number of carbonyl (C=O) groups is 1. The van der Waals surface area contributed by atoms with Gasteiger partial charge in [-0.1, -0.05) is 6.92 Å². The molecule has 1 aliphatic rings. The predicted molar refractivity (Wildman–Crippen MR) is 55.4 cm³/mol. The van der Waals surface area contributed by atoms with E-state index in [-0.39, 0.29) is 12.0 Å². The lowest BCUT2D eigenvalue weighted by Crippen LogP contribution is -2.38. The van der Waals surface area contributed by atoms with Crippen molar-refractivity contribution in [1.82, 2.24) is 5.32 Å². The van der Waals surface area contributed by atoms with Crippen molar-refractivity contribution in [3.05, 3.63) is 0 Å². The first-order valence-corrected chi connectivity index (χ1v) is 5.04. The number of hydrogen-bond acceptors (Lipinski definition) is 3. The summed E-state index contributed by atoms with van der Waals surface area (Å²) < 4.78 is 5.47. The molecule has 0 aromatic carbocycles. The normalized spacial score (nSPS) is 21.7. The molecule has 1 amide bonds. The van der Waals surface area contributed by atoms with Gasteiger partial charge in [-0.25, -0.2) is 0 Å². The molecule has 0 spiro atoms. The van der Waals surface area contributed by atoms with Crippen LogP contribution in [0.25, 0.3) is 0 Å². The summed E-state index contributed by atoms with van der Waals surface area (Å²) >= 11 is 0. The van der Waals surface area contributed by atoms with Crippen LogP contribution in [0.4, 0.5) is 0 Å². The summed E-state index contributed by atoms with van der Waals surface area (Å²) in [6.07, 6.45) is 0.744. The Morgan fingerprint density at radius 3 is 2.50 bits per heavy atom. The Morgan fingerprint density at radius 1 is 1.50 bits per heavy atom. The van der Waals surface area contributed by atoms with Crippen molar-refractivity contribution in [3.8, 4) is 0 Å². The molecular formula is C10H18N2O2. The number of aliphatic imine (C=N–C) groups is 1. The van der Waals surface area contributed by atoms with Crippen LogP contribution in [0.5, 0.6) is 0 Å². The summed E-state index contributed by atoms with van der Waals surface area (Å²) in [5.41, 5.74) is -0.639. The Hall–Kier alpha value is -0.900. The van der Waals surface area contributed by atoms with E-state index < -0.39 is 5.54 Å². The van der Waals surface area contributed by atoms with Crippen LogP contribution in [0.1, 0.15) is 34.1 Å². The summed E-state index contributed by atoms with van der Waals surface area (Å²) in [4.78, 5) is 15.8. The van der Waals surface area contributed by atoms with E-state index in [2.05, 4.69) is 10.3 Å². The third kappa shape index (κ3) is 2.12. The molecule has 1 unspecified atom stereocenters. The minimum Gasteiger partial charge on any atom is -0.371 e. The zero-order valence-electron chi connectivity index (χ0n) is 9.26. The number of ether oxygens (including phenoxy) is 1. The third-order valence-corrected chi connectivity index (χ3v) is 2.24. The van der Waals surface area contributed by atoms with E-state index >= 15 is 0 Å². The highest BCUT2D eigenvalue weighted by atomic mass is 16.5. The molecule has 1 aliphatic heterocycles. The van der Waals surface area contributed by atoms with Crippen molar-refractivity contribution in [2.75, 3.05) is 6.61 Å². The summed E-state index contributed by atoms with van der Waals surface area (Å²) in [5, 5.41) is 2.77. The van der Waals surface area contributed by atoms with E-state index in [0.29, 0.717) is 12.4 Å². The molecule has 0 aromatic heterocycles. The van der Waals surface area contributed by atoms with E-state index in [1.807, 2.05) is 13.8 Å². The van der Waals surface area contributed by atoms with Gasteiger partial charge in [-0.3, -0.25) is 9.79 Å². The second-order valence-corrected chi connectivity index (χ2v) is 3.86. The maximum absolute atomic E-state index is 11.4. The number of hydrogen-bond donors (Lipinski definition) is 1. The summed E-state index contributed by atoms with van der Waals surface area (Å²) in [6.45, 7) is 8.18. The molecule has 4 heteroatoms. The maximum atomic E-state index is 11.4. The number of amidine groups is 1. The Labute approximate surface area is 84.7 Å². The molecule has 0 radical (unpaired) electrons. The van der Waals surface area contributed by atoms with Crippen LogP contribution < -0.4 is 5.32 Å². The fourth-order valence-corrected chi connectivity index (χ4v) is 1.39. The van der Waals surface area contributed by atoms with Crippen molar-refractivity contribution in [2.45, 2.75) is 45.8 Å². The van der Waals surface area contributed by atoms with Crippen LogP contribution in [0, 0.1) is 0 Å². The molecule has 14 heavy (non-hydrogen) atoms. The first kappa shape index (κ1) is 11.2. The van der Waals surface area contributed by atoms with Gasteiger partial charge in [-0.2, -0.15) is 0 Å². The highest BCUT2D eigenvalue weighted by molar-refractivity contribution is 6.09. The van der Waals surface area contributed by atoms with Crippen molar-refractivity contribution in [3.63, 3.8) is 0 Å². The quantitative estimate of drug-likeness (QED) is 0.735. The number of nitrogens with zero attached hydrogens (tertiary/aromatic N) is 1. The standard InChI is InChI=1S/C10H18N2O2/c1-5-7(14-6-2)8-11-9(13)10(3,4)12-8/h7H,5-6H2,1-4H3,(H,11,12,13). The first-order valence-electron chi connectivity index (χ1n) is 5.04. The molecule has 0 saturated heterocycles. The van der Waals surface area contributed by atoms with Crippen LogP contribution in [-0.2, 0) is 9.53 Å². The summed E-state index contributed by atoms with van der Waals surface area (Å²) in [5.74, 6) is 0.620. The number of nitrogens with one attached hydrogen (secondary N) is 1. The molecule has 1 atom stereocenters. The van der Waals surface area contributed by atoms with E-state index in [4.69, 9.17) is 4.74 Å². The van der Waals surface area contributed by atoms with Gasteiger partial charge in [0.25, 0.3) is 5.91 Å². The van der Waals surface area contributed by atoms with Crippen molar-refractivity contribution < 1.29 is 9.53 Å². The fraction of sp³-hybridized carbons (Fsp3) is 0.800. The number of amides is 1. The number of carbonyl (C=O) groups excluding carboxylic acids is 1. The van der Waals surface area contributed by atoms with Gasteiger partial charge < -0.3 is 10.1 Å². The molecule has 80 valence electrons. The van der Waals surface area contributed by atoms with Gasteiger partial charge in [0.15, 0.2) is 0 Å². The molecule has 0 aromatic rings. The van der Waals surface area contributed by atoms with E-state index in [1.165, 1.54) is 0 Å². The van der Waals surface area contributed by atoms with Gasteiger partial charge in [-0.05, 0) is 27.2 Å². The zero-order chi connectivity index (χ0) is 10.8. The third-order valence-electron chi connectivity index (χ3n) is 2.24. The van der Waals surface area contributed by atoms with Crippen LogP contribution in [0.2, 0.25) is 0 Å². The van der Waals surface area contributed by atoms with Crippen LogP contribution in [-0.4, -0.2) is 30.0 Å².